The molecule has 0 fully saturated rings. The van der Waals surface area contributed by atoms with Gasteiger partial charge in [-0.05, 0) is 24.3 Å². The van der Waals surface area contributed by atoms with Crippen LogP contribution in [-0.4, -0.2) is 26.1 Å². The van der Waals surface area contributed by atoms with Gasteiger partial charge >= 0.3 is 0 Å². The van der Waals surface area contributed by atoms with Crippen LogP contribution in [0.25, 0.3) is 11.2 Å². The summed E-state index contributed by atoms with van der Waals surface area (Å²) in [4.78, 5) is 11.1. The van der Waals surface area contributed by atoms with Gasteiger partial charge in [0.15, 0.2) is 11.1 Å². The van der Waals surface area contributed by atoms with Gasteiger partial charge in [-0.15, -0.1) is 0 Å². The summed E-state index contributed by atoms with van der Waals surface area (Å²) in [6, 6.07) is 9.01. The van der Waals surface area contributed by atoms with E-state index < -0.39 is 0 Å². The molecule has 2 N–H and O–H groups in total. The standard InChI is InChI=1S/C14H12N6O/c15-7-10-1-3-11(4-2-10)21-6-5-20-9-19-13(16)12-14(20)18-8-17-12/h1-4,8-9,16H,5-6H2,(H,17,18). The molecule has 7 heteroatoms. The Morgan fingerprint density at radius 3 is 2.86 bits per heavy atom. The van der Waals surface area contributed by atoms with Crippen molar-refractivity contribution in [1.29, 1.82) is 10.7 Å². The number of nitriles is 1. The first kappa shape index (κ1) is 12.9. The minimum atomic E-state index is 0.173. The quantitative estimate of drug-likeness (QED) is 0.749. The van der Waals surface area contributed by atoms with Crippen molar-refractivity contribution in [3.05, 3.63) is 48.0 Å². The Balaban J connectivity index is 1.69. The van der Waals surface area contributed by atoms with E-state index in [4.69, 9.17) is 15.4 Å². The van der Waals surface area contributed by atoms with E-state index in [1.165, 1.54) is 0 Å². The minimum absolute atomic E-state index is 0.173. The molecule has 0 aliphatic carbocycles. The van der Waals surface area contributed by atoms with Crippen molar-refractivity contribution in [2.75, 3.05) is 6.61 Å². The van der Waals surface area contributed by atoms with Crippen molar-refractivity contribution in [2.45, 2.75) is 6.54 Å². The van der Waals surface area contributed by atoms with E-state index in [9.17, 15) is 0 Å². The summed E-state index contributed by atoms with van der Waals surface area (Å²) in [6.45, 7) is 1.01. The van der Waals surface area contributed by atoms with E-state index in [-0.39, 0.29) is 5.49 Å². The Kier molecular flexibility index (Phi) is 3.35. The highest BCUT2D eigenvalue weighted by Gasteiger charge is 2.04. The van der Waals surface area contributed by atoms with E-state index in [0.29, 0.717) is 35.6 Å². The zero-order valence-corrected chi connectivity index (χ0v) is 11.1. The minimum Gasteiger partial charge on any atom is -0.492 e. The highest BCUT2D eigenvalue weighted by Crippen LogP contribution is 2.11. The van der Waals surface area contributed by atoms with Crippen molar-refractivity contribution in [2.24, 2.45) is 0 Å². The molecule has 2 heterocycles. The van der Waals surface area contributed by atoms with Crippen LogP contribution in [0.4, 0.5) is 0 Å². The molecule has 0 atom stereocenters. The molecule has 21 heavy (non-hydrogen) atoms. The molecule has 7 nitrogen and oxygen atoms in total. The number of fused-ring (bicyclic) bond motifs is 1. The normalized spacial score (nSPS) is 10.4. The number of aromatic nitrogens is 4. The SMILES string of the molecule is N#Cc1ccc(OCCn2cnc(=N)c3[nH]cnc32)cc1. The Bertz CT molecular complexity index is 856. The highest BCUT2D eigenvalue weighted by atomic mass is 16.5. The molecule has 0 spiro atoms. The van der Waals surface area contributed by atoms with Crippen LogP contribution in [-0.2, 0) is 6.54 Å². The summed E-state index contributed by atoms with van der Waals surface area (Å²) in [7, 11) is 0. The molecule has 0 bridgehead atoms. The molecule has 3 rings (SSSR count). The molecule has 0 aliphatic rings. The van der Waals surface area contributed by atoms with Crippen LogP contribution in [0.2, 0.25) is 0 Å². The summed E-state index contributed by atoms with van der Waals surface area (Å²) in [5.41, 5.74) is 2.06. The number of nitrogens with zero attached hydrogens (tertiary/aromatic N) is 4. The van der Waals surface area contributed by atoms with E-state index >= 15 is 0 Å². The van der Waals surface area contributed by atoms with Crippen LogP contribution >= 0.6 is 0 Å². The van der Waals surface area contributed by atoms with Gasteiger partial charge in [-0.1, -0.05) is 0 Å². The number of benzene rings is 1. The molecule has 0 aliphatic heterocycles. The number of imidazole rings is 1. The second-order valence-corrected chi connectivity index (χ2v) is 4.37. The second kappa shape index (κ2) is 5.46. The van der Waals surface area contributed by atoms with Crippen molar-refractivity contribution in [3.8, 4) is 11.8 Å². The zero-order valence-electron chi connectivity index (χ0n) is 11.1. The van der Waals surface area contributed by atoms with Crippen LogP contribution < -0.4 is 10.2 Å². The summed E-state index contributed by atoms with van der Waals surface area (Å²) in [6.07, 6.45) is 3.12. The van der Waals surface area contributed by atoms with Gasteiger partial charge in [-0.25, -0.2) is 9.97 Å². The zero-order chi connectivity index (χ0) is 14.7. The average Bonchev–Trinajstić information content (AvgIpc) is 3.01. The molecule has 3 aromatic rings. The molecule has 0 unspecified atom stereocenters. The van der Waals surface area contributed by atoms with Gasteiger partial charge in [-0.2, -0.15) is 5.26 Å². The van der Waals surface area contributed by atoms with Gasteiger partial charge in [0.2, 0.25) is 0 Å². The first-order valence-electron chi connectivity index (χ1n) is 6.34. The smallest absolute Gasteiger partial charge is 0.173 e. The number of hydrogen-bond acceptors (Lipinski definition) is 5. The first-order chi connectivity index (χ1) is 10.3. The average molecular weight is 280 g/mol. The molecule has 2 aromatic heterocycles. The number of aromatic amines is 1. The van der Waals surface area contributed by atoms with Crippen LogP contribution in [0.3, 0.4) is 0 Å². The Morgan fingerprint density at radius 2 is 2.10 bits per heavy atom. The van der Waals surface area contributed by atoms with Gasteiger partial charge in [0.1, 0.15) is 17.9 Å². The third kappa shape index (κ3) is 2.60. The van der Waals surface area contributed by atoms with Crippen molar-refractivity contribution < 1.29 is 4.74 Å². The van der Waals surface area contributed by atoms with Crippen LogP contribution in [0, 0.1) is 16.7 Å². The van der Waals surface area contributed by atoms with Gasteiger partial charge in [0.25, 0.3) is 0 Å². The lowest BCUT2D eigenvalue weighted by Gasteiger charge is -2.09. The maximum Gasteiger partial charge on any atom is 0.173 e. The number of hydrogen-bond donors (Lipinski definition) is 2. The Morgan fingerprint density at radius 1 is 1.29 bits per heavy atom. The number of nitrogens with one attached hydrogen (secondary N) is 2. The Labute approximate surface area is 120 Å². The van der Waals surface area contributed by atoms with Crippen LogP contribution in [0.1, 0.15) is 5.56 Å². The molecule has 104 valence electrons. The largest absolute Gasteiger partial charge is 0.492 e. The topological polar surface area (TPSA) is 103 Å². The molecule has 0 radical (unpaired) electrons. The van der Waals surface area contributed by atoms with Gasteiger partial charge < -0.3 is 14.3 Å². The first-order valence-corrected chi connectivity index (χ1v) is 6.34. The third-order valence-electron chi connectivity index (χ3n) is 3.04. The van der Waals surface area contributed by atoms with E-state index in [1.807, 2.05) is 4.57 Å². The maximum atomic E-state index is 8.73. The van der Waals surface area contributed by atoms with Gasteiger partial charge in [-0.3, -0.25) is 5.41 Å². The molecule has 1 aromatic carbocycles. The van der Waals surface area contributed by atoms with Crippen molar-refractivity contribution in [1.82, 2.24) is 19.5 Å². The third-order valence-corrected chi connectivity index (χ3v) is 3.04. The molecule has 0 amide bonds. The maximum absolute atomic E-state index is 8.73. The predicted octanol–water partition coefficient (Wildman–Crippen LogP) is 1.19. The summed E-state index contributed by atoms with van der Waals surface area (Å²) in [5.74, 6) is 0.706. The molecule has 0 saturated heterocycles. The number of ether oxygens (including phenoxy) is 1. The highest BCUT2D eigenvalue weighted by molar-refractivity contribution is 5.68. The fourth-order valence-electron chi connectivity index (χ4n) is 1.98. The second-order valence-electron chi connectivity index (χ2n) is 4.37. The van der Waals surface area contributed by atoms with Gasteiger partial charge in [0.05, 0.1) is 30.8 Å². The molecular weight excluding hydrogens is 268 g/mol. The number of H-pyrrole nitrogens is 1. The van der Waals surface area contributed by atoms with Crippen LogP contribution in [0.15, 0.2) is 36.9 Å². The summed E-state index contributed by atoms with van der Waals surface area (Å²) in [5, 5.41) is 16.4. The fraction of sp³-hybridized carbons (Fsp3) is 0.143. The van der Waals surface area contributed by atoms with Gasteiger partial charge in [0, 0.05) is 0 Å². The summed E-state index contributed by atoms with van der Waals surface area (Å²) >= 11 is 0. The lowest BCUT2D eigenvalue weighted by Crippen LogP contribution is -2.15. The number of rotatable bonds is 4. The van der Waals surface area contributed by atoms with Crippen LogP contribution in [0.5, 0.6) is 5.75 Å². The van der Waals surface area contributed by atoms with E-state index in [1.54, 1.807) is 36.9 Å². The molecule has 0 saturated carbocycles. The predicted molar refractivity (Wildman–Crippen MR) is 74.4 cm³/mol. The van der Waals surface area contributed by atoms with Crippen molar-refractivity contribution >= 4 is 11.2 Å². The fourth-order valence-corrected chi connectivity index (χ4v) is 1.98. The lowest BCUT2D eigenvalue weighted by molar-refractivity contribution is 0.299. The summed E-state index contributed by atoms with van der Waals surface area (Å²) < 4.78 is 7.45. The van der Waals surface area contributed by atoms with E-state index in [0.717, 1.165) is 0 Å². The van der Waals surface area contributed by atoms with Crippen molar-refractivity contribution in [3.63, 3.8) is 0 Å². The molecular formula is C14H12N6O. The van der Waals surface area contributed by atoms with E-state index in [2.05, 4.69) is 21.0 Å². The Hall–Kier alpha value is -3.14. The monoisotopic (exact) mass is 280 g/mol. The lowest BCUT2D eigenvalue weighted by atomic mass is 10.2.